The maximum Gasteiger partial charge on any atom is 0.239 e. The van der Waals surface area contributed by atoms with Crippen LogP contribution in [0.15, 0.2) is 0 Å². The van der Waals surface area contributed by atoms with Crippen molar-refractivity contribution in [1.82, 2.24) is 4.90 Å². The van der Waals surface area contributed by atoms with Crippen LogP contribution in [-0.2, 0) is 9.53 Å². The number of carbonyl (C=O) groups is 1. The number of rotatable bonds is 5. The number of nitrogens with zero attached hydrogens (tertiary/aromatic N) is 1. The van der Waals surface area contributed by atoms with E-state index < -0.39 is 11.6 Å². The molecule has 18 heavy (non-hydrogen) atoms. The van der Waals surface area contributed by atoms with Crippen LogP contribution in [0.2, 0.25) is 0 Å². The average Bonchev–Trinajstić information content (AvgIpc) is 2.32. The Hall–Kier alpha value is -0.650. The van der Waals surface area contributed by atoms with Crippen LogP contribution >= 0.6 is 0 Å². The lowest BCUT2D eigenvalue weighted by atomic mass is 10.0. The lowest BCUT2D eigenvalue weighted by Gasteiger charge is -2.43. The van der Waals surface area contributed by atoms with Crippen molar-refractivity contribution in [1.29, 1.82) is 0 Å². The highest BCUT2D eigenvalue weighted by atomic mass is 16.5. The number of aliphatic hydroxyl groups is 1. The summed E-state index contributed by atoms with van der Waals surface area (Å²) in [4.78, 5) is 13.9. The zero-order valence-electron chi connectivity index (χ0n) is 11.7. The van der Waals surface area contributed by atoms with Crippen LogP contribution in [0.5, 0.6) is 0 Å². The number of unbranched alkanes of at least 4 members (excludes halogenated alkanes) is 1. The van der Waals surface area contributed by atoms with Gasteiger partial charge in [0.15, 0.2) is 0 Å². The van der Waals surface area contributed by atoms with Gasteiger partial charge in [-0.25, -0.2) is 0 Å². The first-order chi connectivity index (χ1) is 8.39. The molecule has 1 aliphatic rings. The fraction of sp³-hybridized carbons (Fsp3) is 0.923. The average molecular weight is 258 g/mol. The quantitative estimate of drug-likeness (QED) is 0.753. The van der Waals surface area contributed by atoms with Gasteiger partial charge in [0.25, 0.3) is 0 Å². The van der Waals surface area contributed by atoms with Crippen LogP contribution < -0.4 is 5.73 Å². The molecule has 5 nitrogen and oxygen atoms in total. The summed E-state index contributed by atoms with van der Waals surface area (Å²) < 4.78 is 5.68. The third-order valence-electron chi connectivity index (χ3n) is 3.18. The summed E-state index contributed by atoms with van der Waals surface area (Å²) in [7, 11) is 0. The van der Waals surface area contributed by atoms with Gasteiger partial charge in [-0.15, -0.1) is 0 Å². The number of aliphatic hydroxyl groups excluding tert-OH is 1. The molecule has 1 heterocycles. The molecule has 2 atom stereocenters. The lowest BCUT2D eigenvalue weighted by molar-refractivity contribution is -0.167. The topological polar surface area (TPSA) is 75.8 Å². The molecule has 0 aliphatic carbocycles. The molecular weight excluding hydrogens is 232 g/mol. The molecule has 0 aromatic carbocycles. The predicted molar refractivity (Wildman–Crippen MR) is 70.1 cm³/mol. The molecule has 1 rings (SSSR count). The monoisotopic (exact) mass is 258 g/mol. The van der Waals surface area contributed by atoms with Crippen LogP contribution in [0.4, 0.5) is 0 Å². The van der Waals surface area contributed by atoms with E-state index in [-0.39, 0.29) is 18.6 Å². The van der Waals surface area contributed by atoms with E-state index in [4.69, 9.17) is 10.5 Å². The Morgan fingerprint density at radius 3 is 2.83 bits per heavy atom. The molecule has 0 saturated carbocycles. The summed E-state index contributed by atoms with van der Waals surface area (Å²) in [6.45, 7) is 6.81. The molecule has 0 aromatic heterocycles. The normalized spacial score (nSPS) is 24.9. The SMILES string of the molecule is CCCCC(N)C(=O)N1CC(CO)OC(C)(C)C1. The largest absolute Gasteiger partial charge is 0.394 e. The van der Waals surface area contributed by atoms with Crippen LogP contribution in [0.3, 0.4) is 0 Å². The maximum atomic E-state index is 12.2. The number of hydrogen-bond acceptors (Lipinski definition) is 4. The third-order valence-corrected chi connectivity index (χ3v) is 3.18. The Labute approximate surface area is 109 Å². The second-order valence-corrected chi connectivity index (χ2v) is 5.65. The van der Waals surface area contributed by atoms with E-state index in [1.807, 2.05) is 13.8 Å². The first-order valence-corrected chi connectivity index (χ1v) is 6.72. The number of carbonyl (C=O) groups excluding carboxylic acids is 1. The summed E-state index contributed by atoms with van der Waals surface area (Å²) >= 11 is 0. The Bertz CT molecular complexity index is 281. The van der Waals surface area contributed by atoms with E-state index in [0.29, 0.717) is 13.1 Å². The van der Waals surface area contributed by atoms with Crippen molar-refractivity contribution in [2.24, 2.45) is 5.73 Å². The van der Waals surface area contributed by atoms with Crippen molar-refractivity contribution in [2.45, 2.75) is 57.8 Å². The molecule has 0 aromatic rings. The Morgan fingerprint density at radius 1 is 1.61 bits per heavy atom. The summed E-state index contributed by atoms with van der Waals surface area (Å²) in [5, 5.41) is 9.21. The minimum absolute atomic E-state index is 0.0294. The zero-order valence-corrected chi connectivity index (χ0v) is 11.7. The Balaban J connectivity index is 2.61. The smallest absolute Gasteiger partial charge is 0.239 e. The molecule has 1 amide bonds. The van der Waals surface area contributed by atoms with E-state index in [0.717, 1.165) is 19.3 Å². The minimum Gasteiger partial charge on any atom is -0.394 e. The van der Waals surface area contributed by atoms with Gasteiger partial charge < -0.3 is 20.5 Å². The molecule has 0 radical (unpaired) electrons. The van der Waals surface area contributed by atoms with Crippen molar-refractivity contribution in [3.63, 3.8) is 0 Å². The van der Waals surface area contributed by atoms with Crippen molar-refractivity contribution >= 4 is 5.91 Å². The molecule has 1 aliphatic heterocycles. The van der Waals surface area contributed by atoms with Gasteiger partial charge in [-0.3, -0.25) is 4.79 Å². The van der Waals surface area contributed by atoms with Gasteiger partial charge in [-0.2, -0.15) is 0 Å². The van der Waals surface area contributed by atoms with Crippen molar-refractivity contribution in [2.75, 3.05) is 19.7 Å². The molecule has 106 valence electrons. The van der Waals surface area contributed by atoms with E-state index in [9.17, 15) is 9.90 Å². The number of nitrogens with two attached hydrogens (primary N) is 1. The number of ether oxygens (including phenoxy) is 1. The summed E-state index contributed by atoms with van der Waals surface area (Å²) in [6.07, 6.45) is 2.41. The van der Waals surface area contributed by atoms with Crippen molar-refractivity contribution in [3.8, 4) is 0 Å². The molecular formula is C13H26N2O3. The number of hydrogen-bond donors (Lipinski definition) is 2. The van der Waals surface area contributed by atoms with Crippen molar-refractivity contribution in [3.05, 3.63) is 0 Å². The fourth-order valence-electron chi connectivity index (χ4n) is 2.34. The minimum atomic E-state index is -0.432. The second kappa shape index (κ2) is 6.50. The molecule has 3 N–H and O–H groups in total. The highest BCUT2D eigenvalue weighted by molar-refractivity contribution is 5.81. The summed E-state index contributed by atoms with van der Waals surface area (Å²) in [5.74, 6) is -0.0294. The van der Waals surface area contributed by atoms with Gasteiger partial charge in [0.2, 0.25) is 5.91 Å². The Morgan fingerprint density at radius 2 is 2.28 bits per heavy atom. The third kappa shape index (κ3) is 4.23. The van der Waals surface area contributed by atoms with Gasteiger partial charge in [0.05, 0.1) is 24.4 Å². The Kier molecular flexibility index (Phi) is 5.56. The first-order valence-electron chi connectivity index (χ1n) is 6.72. The number of amides is 1. The van der Waals surface area contributed by atoms with Gasteiger partial charge in [0.1, 0.15) is 0 Å². The summed E-state index contributed by atoms with van der Waals surface area (Å²) in [5.41, 5.74) is 5.49. The van der Waals surface area contributed by atoms with Crippen LogP contribution in [-0.4, -0.2) is 53.4 Å². The lowest BCUT2D eigenvalue weighted by Crippen LogP contribution is -2.58. The molecule has 1 fully saturated rings. The fourth-order valence-corrected chi connectivity index (χ4v) is 2.34. The van der Waals surface area contributed by atoms with Crippen LogP contribution in [0.25, 0.3) is 0 Å². The summed E-state index contributed by atoms with van der Waals surface area (Å²) in [6, 6.07) is -0.432. The standard InChI is InChI=1S/C13H26N2O3/c1-4-5-6-11(14)12(17)15-7-10(8-16)18-13(2,3)9-15/h10-11,16H,4-9,14H2,1-3H3. The van der Waals surface area contributed by atoms with Crippen LogP contribution in [0.1, 0.15) is 40.0 Å². The van der Waals surface area contributed by atoms with Gasteiger partial charge in [-0.1, -0.05) is 19.8 Å². The molecule has 5 heteroatoms. The first kappa shape index (κ1) is 15.4. The second-order valence-electron chi connectivity index (χ2n) is 5.65. The molecule has 0 spiro atoms. The predicted octanol–water partition coefficient (Wildman–Crippen LogP) is 0.502. The zero-order chi connectivity index (χ0) is 13.8. The van der Waals surface area contributed by atoms with E-state index >= 15 is 0 Å². The van der Waals surface area contributed by atoms with Crippen LogP contribution in [0, 0.1) is 0 Å². The highest BCUT2D eigenvalue weighted by Gasteiger charge is 2.36. The molecule has 1 saturated heterocycles. The van der Waals surface area contributed by atoms with E-state index in [2.05, 4.69) is 6.92 Å². The molecule has 2 unspecified atom stereocenters. The van der Waals surface area contributed by atoms with E-state index in [1.165, 1.54) is 0 Å². The number of morpholine rings is 1. The van der Waals surface area contributed by atoms with E-state index in [1.54, 1.807) is 4.90 Å². The van der Waals surface area contributed by atoms with Gasteiger partial charge >= 0.3 is 0 Å². The van der Waals surface area contributed by atoms with Gasteiger partial charge in [-0.05, 0) is 20.3 Å². The maximum absolute atomic E-state index is 12.2. The van der Waals surface area contributed by atoms with Gasteiger partial charge in [0, 0.05) is 13.1 Å². The molecule has 0 bridgehead atoms. The highest BCUT2D eigenvalue weighted by Crippen LogP contribution is 2.21. The van der Waals surface area contributed by atoms with Crippen molar-refractivity contribution < 1.29 is 14.6 Å².